The number of rotatable bonds is 8. The Balaban J connectivity index is 1.46. The highest BCUT2D eigenvalue weighted by Gasteiger charge is 2.25. The molecule has 0 unspecified atom stereocenters. The first-order valence-electron chi connectivity index (χ1n) is 10.8. The first-order chi connectivity index (χ1) is 16.3. The Labute approximate surface area is 196 Å². The molecule has 0 fully saturated rings. The Bertz CT molecular complexity index is 1320. The van der Waals surface area contributed by atoms with E-state index in [0.717, 1.165) is 0 Å². The minimum Gasteiger partial charge on any atom is -0.368 e. The standard InChI is InChI=1S/C27H23FN4O2/c1-27(2,26-21(28)12-7-15-29-26)17-30-23-14-13-22(31-32-23)19-10-6-11-20(16-19)25(34)24(33)18-8-4-3-5-9-18/h3-16H,17H2,1-2H3,(H,30,32). The van der Waals surface area contributed by atoms with Crippen LogP contribution >= 0.6 is 0 Å². The third-order valence-corrected chi connectivity index (χ3v) is 5.44. The molecule has 4 aromatic rings. The maximum Gasteiger partial charge on any atom is 0.233 e. The van der Waals surface area contributed by atoms with Crippen molar-refractivity contribution in [3.8, 4) is 11.3 Å². The molecule has 0 saturated heterocycles. The topological polar surface area (TPSA) is 84.8 Å². The summed E-state index contributed by atoms with van der Waals surface area (Å²) < 4.78 is 14.1. The van der Waals surface area contributed by atoms with E-state index in [1.54, 1.807) is 79.0 Å². The van der Waals surface area contributed by atoms with Crippen molar-refractivity contribution in [1.29, 1.82) is 0 Å². The number of hydrogen-bond donors (Lipinski definition) is 1. The summed E-state index contributed by atoms with van der Waals surface area (Å²) in [6, 6.07) is 21.7. The number of halogens is 1. The van der Waals surface area contributed by atoms with E-state index in [0.29, 0.717) is 34.9 Å². The van der Waals surface area contributed by atoms with Gasteiger partial charge in [0.1, 0.15) is 11.6 Å². The molecule has 2 aromatic carbocycles. The Morgan fingerprint density at radius 3 is 2.29 bits per heavy atom. The van der Waals surface area contributed by atoms with Gasteiger partial charge in [0.25, 0.3) is 0 Å². The van der Waals surface area contributed by atoms with Crippen LogP contribution < -0.4 is 5.32 Å². The SMILES string of the molecule is CC(C)(CNc1ccc(-c2cccc(C(=O)C(=O)c3ccccc3)c2)nn1)c1ncccc1F. The van der Waals surface area contributed by atoms with Crippen molar-refractivity contribution in [3.63, 3.8) is 0 Å². The zero-order valence-corrected chi connectivity index (χ0v) is 18.8. The highest BCUT2D eigenvalue weighted by atomic mass is 19.1. The fraction of sp³-hybridized carbons (Fsp3) is 0.148. The van der Waals surface area contributed by atoms with Crippen molar-refractivity contribution >= 4 is 17.4 Å². The van der Waals surface area contributed by atoms with Gasteiger partial charge >= 0.3 is 0 Å². The van der Waals surface area contributed by atoms with Gasteiger partial charge in [-0.3, -0.25) is 14.6 Å². The number of anilines is 1. The van der Waals surface area contributed by atoms with Gasteiger partial charge in [-0.1, -0.05) is 62.4 Å². The van der Waals surface area contributed by atoms with Gasteiger partial charge in [-0.25, -0.2) is 4.39 Å². The molecule has 0 aliphatic carbocycles. The van der Waals surface area contributed by atoms with Crippen LogP contribution in [0.1, 0.15) is 40.3 Å². The Kier molecular flexibility index (Phi) is 6.54. The molecule has 0 amide bonds. The molecular formula is C27H23FN4O2. The summed E-state index contributed by atoms with van der Waals surface area (Å²) in [5, 5.41) is 11.6. The lowest BCUT2D eigenvalue weighted by molar-refractivity contribution is 0.0817. The van der Waals surface area contributed by atoms with Crippen molar-refractivity contribution in [3.05, 3.63) is 108 Å². The van der Waals surface area contributed by atoms with Crippen LogP contribution in [0.2, 0.25) is 0 Å². The lowest BCUT2D eigenvalue weighted by Crippen LogP contribution is -2.30. The largest absolute Gasteiger partial charge is 0.368 e. The van der Waals surface area contributed by atoms with Crippen molar-refractivity contribution in [2.24, 2.45) is 0 Å². The number of carbonyl (C=O) groups is 2. The van der Waals surface area contributed by atoms with Crippen molar-refractivity contribution in [1.82, 2.24) is 15.2 Å². The molecular weight excluding hydrogens is 431 g/mol. The monoisotopic (exact) mass is 454 g/mol. The first-order valence-corrected chi connectivity index (χ1v) is 10.8. The van der Waals surface area contributed by atoms with Crippen LogP contribution in [0.15, 0.2) is 85.1 Å². The molecule has 0 aliphatic rings. The lowest BCUT2D eigenvalue weighted by Gasteiger charge is -2.24. The summed E-state index contributed by atoms with van der Waals surface area (Å²) in [6.07, 6.45) is 1.57. The number of nitrogens with zero attached hydrogens (tertiary/aromatic N) is 3. The molecule has 2 heterocycles. The Morgan fingerprint density at radius 2 is 1.59 bits per heavy atom. The zero-order valence-electron chi connectivity index (χ0n) is 18.8. The molecule has 0 radical (unpaired) electrons. The van der Waals surface area contributed by atoms with Crippen LogP contribution in [-0.4, -0.2) is 33.3 Å². The van der Waals surface area contributed by atoms with E-state index in [2.05, 4.69) is 20.5 Å². The van der Waals surface area contributed by atoms with E-state index in [-0.39, 0.29) is 11.4 Å². The van der Waals surface area contributed by atoms with Gasteiger partial charge in [-0.15, -0.1) is 10.2 Å². The number of nitrogens with one attached hydrogen (secondary N) is 1. The maximum absolute atomic E-state index is 14.1. The normalized spacial score (nSPS) is 11.1. The quantitative estimate of drug-likeness (QED) is 0.293. The second kappa shape index (κ2) is 9.70. The predicted molar refractivity (Wildman–Crippen MR) is 128 cm³/mol. The van der Waals surface area contributed by atoms with Crippen LogP contribution in [0.3, 0.4) is 0 Å². The van der Waals surface area contributed by atoms with E-state index in [4.69, 9.17) is 0 Å². The molecule has 34 heavy (non-hydrogen) atoms. The molecule has 2 aromatic heterocycles. The van der Waals surface area contributed by atoms with E-state index >= 15 is 0 Å². The summed E-state index contributed by atoms with van der Waals surface area (Å²) in [6.45, 7) is 4.19. The highest BCUT2D eigenvalue weighted by Crippen LogP contribution is 2.24. The van der Waals surface area contributed by atoms with Gasteiger partial charge in [-0.2, -0.15) is 0 Å². The third kappa shape index (κ3) is 5.04. The van der Waals surface area contributed by atoms with Crippen molar-refractivity contribution in [2.75, 3.05) is 11.9 Å². The number of benzene rings is 2. The van der Waals surface area contributed by atoms with E-state index in [1.165, 1.54) is 6.07 Å². The molecule has 6 nitrogen and oxygen atoms in total. The number of hydrogen-bond acceptors (Lipinski definition) is 6. The second-order valence-electron chi connectivity index (χ2n) is 8.48. The predicted octanol–water partition coefficient (Wildman–Crippen LogP) is 5.13. The van der Waals surface area contributed by atoms with E-state index in [1.807, 2.05) is 13.8 Å². The smallest absolute Gasteiger partial charge is 0.233 e. The average Bonchev–Trinajstić information content (AvgIpc) is 2.88. The number of carbonyl (C=O) groups excluding carboxylic acids is 2. The summed E-state index contributed by atoms with van der Waals surface area (Å²) >= 11 is 0. The number of pyridine rings is 1. The number of Topliss-reactive ketones (excluding diaryl/α,β-unsaturated/α-hetero) is 2. The average molecular weight is 455 g/mol. The van der Waals surface area contributed by atoms with Crippen molar-refractivity contribution < 1.29 is 14.0 Å². The van der Waals surface area contributed by atoms with Gasteiger partial charge in [0.15, 0.2) is 0 Å². The second-order valence-corrected chi connectivity index (χ2v) is 8.48. The molecule has 1 N–H and O–H groups in total. The van der Waals surface area contributed by atoms with Crippen LogP contribution in [0.5, 0.6) is 0 Å². The summed E-state index contributed by atoms with van der Waals surface area (Å²) in [4.78, 5) is 29.3. The fourth-order valence-electron chi connectivity index (χ4n) is 3.53. The van der Waals surface area contributed by atoms with Gasteiger partial charge in [-0.05, 0) is 30.3 Å². The van der Waals surface area contributed by atoms with Gasteiger partial charge in [0, 0.05) is 34.8 Å². The number of ketones is 2. The summed E-state index contributed by atoms with van der Waals surface area (Å²) in [5.74, 6) is -0.964. The maximum atomic E-state index is 14.1. The molecule has 4 rings (SSSR count). The first kappa shape index (κ1) is 22.9. The fourth-order valence-corrected chi connectivity index (χ4v) is 3.53. The Morgan fingerprint density at radius 1 is 0.853 bits per heavy atom. The molecule has 0 atom stereocenters. The van der Waals surface area contributed by atoms with Gasteiger partial charge < -0.3 is 5.32 Å². The van der Waals surface area contributed by atoms with Gasteiger partial charge in [0.05, 0.1) is 11.4 Å². The van der Waals surface area contributed by atoms with Crippen molar-refractivity contribution in [2.45, 2.75) is 19.3 Å². The van der Waals surface area contributed by atoms with Crippen LogP contribution in [0.25, 0.3) is 11.3 Å². The minimum absolute atomic E-state index is 0.287. The Hall–Kier alpha value is -4.26. The highest BCUT2D eigenvalue weighted by molar-refractivity contribution is 6.49. The zero-order chi connectivity index (χ0) is 24.1. The van der Waals surface area contributed by atoms with E-state index in [9.17, 15) is 14.0 Å². The number of aromatic nitrogens is 3. The van der Waals surface area contributed by atoms with Crippen LogP contribution in [0.4, 0.5) is 10.2 Å². The summed E-state index contributed by atoms with van der Waals surface area (Å²) in [7, 11) is 0. The molecule has 170 valence electrons. The minimum atomic E-state index is -0.580. The molecule has 0 bridgehead atoms. The molecule has 0 spiro atoms. The van der Waals surface area contributed by atoms with Gasteiger partial charge in [0.2, 0.25) is 11.6 Å². The summed E-state index contributed by atoms with van der Waals surface area (Å²) in [5.41, 5.74) is 1.67. The lowest BCUT2D eigenvalue weighted by atomic mass is 9.88. The molecule has 0 saturated carbocycles. The molecule has 0 aliphatic heterocycles. The molecule has 7 heteroatoms. The third-order valence-electron chi connectivity index (χ3n) is 5.44. The van der Waals surface area contributed by atoms with Crippen LogP contribution in [0, 0.1) is 5.82 Å². The van der Waals surface area contributed by atoms with Crippen LogP contribution in [-0.2, 0) is 5.41 Å². The van der Waals surface area contributed by atoms with E-state index < -0.39 is 17.0 Å².